The summed E-state index contributed by atoms with van der Waals surface area (Å²) in [6.45, 7) is 0.630. The van der Waals surface area contributed by atoms with Crippen LogP contribution in [0, 0.1) is 0 Å². The highest BCUT2D eigenvalue weighted by Gasteiger charge is 2.23. The van der Waals surface area contributed by atoms with Gasteiger partial charge in [-0.05, 0) is 41.0 Å². The number of rotatable bonds is 8. The molecule has 0 fully saturated rings. The lowest BCUT2D eigenvalue weighted by Crippen LogP contribution is -2.32. The van der Waals surface area contributed by atoms with Crippen molar-refractivity contribution >= 4 is 17.7 Å². The summed E-state index contributed by atoms with van der Waals surface area (Å²) >= 11 is 0. The lowest BCUT2D eigenvalue weighted by Gasteiger charge is -2.19. The monoisotopic (exact) mass is 447 g/mol. The van der Waals surface area contributed by atoms with Gasteiger partial charge in [0.25, 0.3) is 0 Å². The van der Waals surface area contributed by atoms with Crippen molar-refractivity contribution < 1.29 is 23.8 Å². The molecule has 4 N–H and O–H groups in total. The Labute approximate surface area is 191 Å². The molecular weight excluding hydrogens is 422 g/mol. The van der Waals surface area contributed by atoms with Crippen molar-refractivity contribution in [3.8, 4) is 11.5 Å². The Morgan fingerprint density at radius 1 is 0.939 bits per heavy atom. The molecule has 8 heteroatoms. The van der Waals surface area contributed by atoms with E-state index in [1.54, 1.807) is 24.3 Å². The molecule has 3 aromatic rings. The number of carbonyl (C=O) groups is 2. The molecule has 33 heavy (non-hydrogen) atoms. The fourth-order valence-corrected chi connectivity index (χ4v) is 3.46. The molecule has 0 aromatic heterocycles. The van der Waals surface area contributed by atoms with Crippen molar-refractivity contribution in [1.29, 1.82) is 0 Å². The molecule has 0 spiro atoms. The van der Waals surface area contributed by atoms with E-state index >= 15 is 0 Å². The number of amides is 2. The van der Waals surface area contributed by atoms with Crippen LogP contribution >= 0.6 is 0 Å². The van der Waals surface area contributed by atoms with Gasteiger partial charge in [0.1, 0.15) is 6.61 Å². The minimum absolute atomic E-state index is 0.00701. The molecule has 0 bridgehead atoms. The largest absolute Gasteiger partial charge is 0.454 e. The molecule has 0 saturated heterocycles. The van der Waals surface area contributed by atoms with E-state index in [2.05, 4.69) is 10.6 Å². The lowest BCUT2D eigenvalue weighted by molar-refractivity contribution is -0.116. The summed E-state index contributed by atoms with van der Waals surface area (Å²) in [6.07, 6.45) is -0.633. The summed E-state index contributed by atoms with van der Waals surface area (Å²) in [5.41, 5.74) is 8.78. The zero-order valence-corrected chi connectivity index (χ0v) is 18.0. The predicted octanol–water partition coefficient (Wildman–Crippen LogP) is 3.87. The summed E-state index contributed by atoms with van der Waals surface area (Å²) in [7, 11) is 0. The highest BCUT2D eigenvalue weighted by molar-refractivity contribution is 5.91. The quantitative estimate of drug-likeness (QED) is 0.483. The number of nitrogens with one attached hydrogen (secondary N) is 2. The van der Waals surface area contributed by atoms with E-state index in [1.165, 1.54) is 0 Å². The molecule has 1 atom stereocenters. The van der Waals surface area contributed by atoms with E-state index < -0.39 is 12.1 Å². The smallest absolute Gasteiger partial charge is 0.407 e. The maximum atomic E-state index is 12.8. The zero-order valence-electron chi connectivity index (χ0n) is 18.0. The van der Waals surface area contributed by atoms with Crippen molar-refractivity contribution in [3.63, 3.8) is 0 Å². The zero-order chi connectivity index (χ0) is 23.0. The third-order valence-corrected chi connectivity index (χ3v) is 5.14. The first-order valence-electron chi connectivity index (χ1n) is 10.6. The Morgan fingerprint density at radius 3 is 2.55 bits per heavy atom. The minimum Gasteiger partial charge on any atom is -0.454 e. The van der Waals surface area contributed by atoms with Gasteiger partial charge in [-0.3, -0.25) is 4.79 Å². The number of alkyl carbamates (subject to hydrolysis) is 1. The first-order valence-corrected chi connectivity index (χ1v) is 10.6. The maximum Gasteiger partial charge on any atom is 0.407 e. The van der Waals surface area contributed by atoms with Crippen molar-refractivity contribution in [2.45, 2.75) is 25.6 Å². The molecule has 4 rings (SSSR count). The number of benzene rings is 3. The van der Waals surface area contributed by atoms with Crippen LogP contribution in [-0.4, -0.2) is 18.8 Å². The maximum absolute atomic E-state index is 12.8. The molecule has 1 aliphatic rings. The topological polar surface area (TPSA) is 112 Å². The van der Waals surface area contributed by atoms with Gasteiger partial charge in [-0.2, -0.15) is 0 Å². The number of carbonyl (C=O) groups excluding carboxylic acids is 2. The van der Waals surface area contributed by atoms with Crippen LogP contribution in [0.25, 0.3) is 0 Å². The summed E-state index contributed by atoms with van der Waals surface area (Å²) in [5.74, 6) is 0.912. The fourth-order valence-electron chi connectivity index (χ4n) is 3.46. The van der Waals surface area contributed by atoms with Gasteiger partial charge in [0.05, 0.1) is 12.5 Å². The van der Waals surface area contributed by atoms with E-state index in [0.29, 0.717) is 29.3 Å². The van der Waals surface area contributed by atoms with E-state index in [4.69, 9.17) is 19.9 Å². The van der Waals surface area contributed by atoms with E-state index in [1.807, 2.05) is 48.5 Å². The SMILES string of the molecule is NCc1cccc(NC(=O)C[C@@H](NC(=O)OCc2ccccc2)c2ccc3c(c2)OCO3)c1. The Kier molecular flexibility index (Phi) is 7.06. The molecule has 1 aliphatic heterocycles. The second kappa shape index (κ2) is 10.5. The van der Waals surface area contributed by atoms with Crippen molar-refractivity contribution in [2.75, 3.05) is 12.1 Å². The van der Waals surface area contributed by atoms with Gasteiger partial charge in [0.15, 0.2) is 11.5 Å². The van der Waals surface area contributed by atoms with Crippen LogP contribution in [0.5, 0.6) is 11.5 Å². The van der Waals surface area contributed by atoms with Crippen molar-refractivity contribution in [3.05, 3.63) is 89.5 Å². The number of fused-ring (bicyclic) bond motifs is 1. The predicted molar refractivity (Wildman–Crippen MR) is 123 cm³/mol. The van der Waals surface area contributed by atoms with Gasteiger partial charge in [0.2, 0.25) is 12.7 Å². The number of ether oxygens (including phenoxy) is 3. The first-order chi connectivity index (χ1) is 16.1. The molecule has 170 valence electrons. The van der Waals surface area contributed by atoms with Crippen LogP contribution in [0.1, 0.15) is 29.2 Å². The van der Waals surface area contributed by atoms with Crippen LogP contribution in [0.4, 0.5) is 10.5 Å². The number of anilines is 1. The summed E-state index contributed by atoms with van der Waals surface area (Å²) in [6, 6.07) is 21.3. The van der Waals surface area contributed by atoms with Crippen LogP contribution in [0.15, 0.2) is 72.8 Å². The van der Waals surface area contributed by atoms with Crippen molar-refractivity contribution in [1.82, 2.24) is 5.32 Å². The first kappa shape index (κ1) is 22.2. The number of nitrogens with two attached hydrogens (primary N) is 1. The second-order valence-electron chi connectivity index (χ2n) is 7.53. The minimum atomic E-state index is -0.638. The van der Waals surface area contributed by atoms with Crippen LogP contribution in [-0.2, 0) is 22.7 Å². The average Bonchev–Trinajstić information content (AvgIpc) is 3.31. The average molecular weight is 447 g/mol. The molecule has 1 heterocycles. The normalized spacial score (nSPS) is 12.6. The number of hydrogen-bond acceptors (Lipinski definition) is 6. The summed E-state index contributed by atoms with van der Waals surface area (Å²) in [5, 5.41) is 5.65. The molecule has 0 saturated carbocycles. The number of hydrogen-bond donors (Lipinski definition) is 3. The highest BCUT2D eigenvalue weighted by atomic mass is 16.7. The van der Waals surface area contributed by atoms with Crippen molar-refractivity contribution in [2.24, 2.45) is 5.73 Å². The van der Waals surface area contributed by atoms with Gasteiger partial charge in [0, 0.05) is 12.2 Å². The second-order valence-corrected chi connectivity index (χ2v) is 7.53. The van der Waals surface area contributed by atoms with E-state index in [9.17, 15) is 9.59 Å². The molecular formula is C25H25N3O5. The molecule has 8 nitrogen and oxygen atoms in total. The van der Waals surface area contributed by atoms with Gasteiger partial charge < -0.3 is 30.6 Å². The lowest BCUT2D eigenvalue weighted by atomic mass is 10.0. The Hall–Kier alpha value is -4.04. The highest BCUT2D eigenvalue weighted by Crippen LogP contribution is 2.35. The van der Waals surface area contributed by atoms with Crippen LogP contribution < -0.4 is 25.8 Å². The van der Waals surface area contributed by atoms with E-state index in [0.717, 1.165) is 11.1 Å². The van der Waals surface area contributed by atoms with Gasteiger partial charge in [-0.1, -0.05) is 48.5 Å². The fraction of sp³-hybridized carbons (Fsp3) is 0.200. The van der Waals surface area contributed by atoms with Crippen LogP contribution in [0.2, 0.25) is 0 Å². The molecule has 0 aliphatic carbocycles. The third-order valence-electron chi connectivity index (χ3n) is 5.14. The Balaban J connectivity index is 1.46. The van der Waals surface area contributed by atoms with Crippen LogP contribution in [0.3, 0.4) is 0 Å². The molecule has 2 amide bonds. The Morgan fingerprint density at radius 2 is 1.73 bits per heavy atom. The third kappa shape index (κ3) is 6.02. The van der Waals surface area contributed by atoms with Gasteiger partial charge >= 0.3 is 6.09 Å². The molecule has 3 aromatic carbocycles. The van der Waals surface area contributed by atoms with E-state index in [-0.39, 0.29) is 25.7 Å². The standard InChI is InChI=1S/C25H25N3O5/c26-14-18-7-4-8-20(11-18)27-24(29)13-21(19-9-10-22-23(12-19)33-16-32-22)28-25(30)31-15-17-5-2-1-3-6-17/h1-12,21H,13-16,26H2,(H,27,29)(H,28,30)/t21-/m1/s1. The summed E-state index contributed by atoms with van der Waals surface area (Å²) < 4.78 is 16.2. The molecule has 0 radical (unpaired) electrons. The Bertz CT molecular complexity index is 1120. The summed E-state index contributed by atoms with van der Waals surface area (Å²) in [4.78, 5) is 25.3. The van der Waals surface area contributed by atoms with Gasteiger partial charge in [-0.15, -0.1) is 0 Å². The molecule has 0 unspecified atom stereocenters. The van der Waals surface area contributed by atoms with Gasteiger partial charge in [-0.25, -0.2) is 4.79 Å².